The van der Waals surface area contributed by atoms with E-state index in [2.05, 4.69) is 10.3 Å². The highest BCUT2D eigenvalue weighted by atomic mass is 32.2. The third-order valence-corrected chi connectivity index (χ3v) is 9.55. The average Bonchev–Trinajstić information content (AvgIpc) is 3.14. The summed E-state index contributed by atoms with van der Waals surface area (Å²) in [4.78, 5) is 6.19. The molecule has 7 nitrogen and oxygen atoms in total. The molecule has 31 heavy (non-hydrogen) atoms. The highest BCUT2D eigenvalue weighted by Crippen LogP contribution is 2.36. The van der Waals surface area contributed by atoms with E-state index >= 15 is 0 Å². The maximum Gasteiger partial charge on any atom is 0.233 e. The van der Waals surface area contributed by atoms with Crippen molar-refractivity contribution >= 4 is 36.0 Å². The van der Waals surface area contributed by atoms with Crippen LogP contribution in [0.1, 0.15) is 11.1 Å². The van der Waals surface area contributed by atoms with Crippen molar-refractivity contribution in [3.8, 4) is 0 Å². The maximum atomic E-state index is 13.3. The zero-order chi connectivity index (χ0) is 22.8. The second-order valence-electron chi connectivity index (χ2n) is 7.48. The first kappa shape index (κ1) is 23.4. The second-order valence-corrected chi connectivity index (χ2v) is 12.5. The number of aryl methyl sites for hydroxylation is 2. The molecule has 0 aliphatic rings. The van der Waals surface area contributed by atoms with E-state index in [1.165, 1.54) is 24.3 Å². The molecule has 1 heterocycles. The minimum atomic E-state index is -4.01. The van der Waals surface area contributed by atoms with Crippen LogP contribution in [0.4, 0.5) is 5.00 Å². The molecule has 1 N–H and O–H groups in total. The molecule has 166 valence electrons. The Labute approximate surface area is 187 Å². The Bertz CT molecular complexity index is 1260. The number of hydrogen-bond acceptors (Lipinski definition) is 8. The van der Waals surface area contributed by atoms with Crippen molar-refractivity contribution < 1.29 is 16.8 Å². The summed E-state index contributed by atoms with van der Waals surface area (Å²) < 4.78 is 52.5. The van der Waals surface area contributed by atoms with E-state index in [4.69, 9.17) is 0 Å². The quantitative estimate of drug-likeness (QED) is 0.529. The van der Waals surface area contributed by atoms with Crippen molar-refractivity contribution in [3.63, 3.8) is 0 Å². The minimum absolute atomic E-state index is 0.0679. The smallest absolute Gasteiger partial charge is 0.233 e. The molecule has 0 aliphatic heterocycles. The molecule has 1 aromatic heterocycles. The number of hydrogen-bond donors (Lipinski definition) is 1. The van der Waals surface area contributed by atoms with Gasteiger partial charge in [0.2, 0.25) is 24.0 Å². The summed E-state index contributed by atoms with van der Waals surface area (Å²) in [6.07, 6.45) is 0. The number of thiazole rings is 1. The molecule has 0 amide bonds. The molecule has 0 saturated heterocycles. The Morgan fingerprint density at radius 3 is 1.81 bits per heavy atom. The molecule has 0 saturated carbocycles. The zero-order valence-electron chi connectivity index (χ0n) is 17.8. The number of nitrogens with one attached hydrogen (secondary N) is 1. The lowest BCUT2D eigenvalue weighted by Crippen LogP contribution is -2.21. The van der Waals surface area contributed by atoms with Crippen LogP contribution in [-0.4, -0.2) is 53.9 Å². The molecule has 0 spiro atoms. The van der Waals surface area contributed by atoms with Crippen LogP contribution in [0.5, 0.6) is 0 Å². The van der Waals surface area contributed by atoms with Gasteiger partial charge >= 0.3 is 0 Å². The molecule has 2 aromatic carbocycles. The van der Waals surface area contributed by atoms with Gasteiger partial charge in [-0.15, -0.1) is 0 Å². The van der Waals surface area contributed by atoms with Crippen molar-refractivity contribution in [3.05, 3.63) is 59.7 Å². The van der Waals surface area contributed by atoms with Gasteiger partial charge in [0.15, 0.2) is 5.03 Å². The SMILES string of the molecule is Cc1ccc(S(=O)(=O)c2nc(S(=O)(=O)c3ccc(C)cc3)c(NCCN(C)C)s2)cc1. The van der Waals surface area contributed by atoms with Crippen LogP contribution in [0.3, 0.4) is 0 Å². The molecule has 3 rings (SSSR count). The normalized spacial score (nSPS) is 12.3. The van der Waals surface area contributed by atoms with Gasteiger partial charge < -0.3 is 10.2 Å². The van der Waals surface area contributed by atoms with E-state index in [0.717, 1.165) is 22.5 Å². The third-order valence-electron chi connectivity index (χ3n) is 4.57. The van der Waals surface area contributed by atoms with Gasteiger partial charge in [-0.3, -0.25) is 0 Å². The number of aromatic nitrogens is 1. The minimum Gasteiger partial charge on any atom is -0.373 e. The lowest BCUT2D eigenvalue weighted by atomic mass is 10.2. The van der Waals surface area contributed by atoms with Crippen LogP contribution < -0.4 is 5.32 Å². The van der Waals surface area contributed by atoms with E-state index in [9.17, 15) is 16.8 Å². The first-order chi connectivity index (χ1) is 14.5. The summed E-state index contributed by atoms with van der Waals surface area (Å²) in [6, 6.07) is 12.8. The summed E-state index contributed by atoms with van der Waals surface area (Å²) in [6.45, 7) is 4.80. The number of likely N-dealkylation sites (N-methyl/N-ethyl adjacent to an activating group) is 1. The van der Waals surface area contributed by atoms with E-state index in [1.807, 2.05) is 32.8 Å². The monoisotopic (exact) mass is 479 g/mol. The van der Waals surface area contributed by atoms with Crippen LogP contribution in [0, 0.1) is 13.8 Å². The Kier molecular flexibility index (Phi) is 6.85. The van der Waals surface area contributed by atoms with Crippen LogP contribution in [-0.2, 0) is 19.7 Å². The molecular weight excluding hydrogens is 454 g/mol. The van der Waals surface area contributed by atoms with Gasteiger partial charge in [-0.05, 0) is 52.2 Å². The van der Waals surface area contributed by atoms with Gasteiger partial charge in [0.25, 0.3) is 0 Å². The number of benzene rings is 2. The lowest BCUT2D eigenvalue weighted by molar-refractivity contribution is 0.425. The van der Waals surface area contributed by atoms with Crippen LogP contribution in [0.2, 0.25) is 0 Å². The second kappa shape index (κ2) is 9.07. The topological polar surface area (TPSA) is 96.4 Å². The van der Waals surface area contributed by atoms with E-state index in [0.29, 0.717) is 13.1 Å². The van der Waals surface area contributed by atoms with Gasteiger partial charge in [-0.25, -0.2) is 21.8 Å². The average molecular weight is 480 g/mol. The summed E-state index contributed by atoms with van der Waals surface area (Å²) >= 11 is 0.834. The highest BCUT2D eigenvalue weighted by molar-refractivity contribution is 7.94. The first-order valence-corrected chi connectivity index (χ1v) is 13.3. The summed E-state index contributed by atoms with van der Waals surface area (Å²) in [5.74, 6) is 0. The fourth-order valence-corrected chi connectivity index (χ4v) is 7.06. The molecular formula is C21H25N3O4S3. The Hall–Kier alpha value is -2.27. The predicted octanol–water partition coefficient (Wildman–Crippen LogP) is 3.40. The molecule has 0 bridgehead atoms. The van der Waals surface area contributed by atoms with Gasteiger partial charge in [0, 0.05) is 13.1 Å². The molecule has 0 unspecified atom stereocenters. The third kappa shape index (κ3) is 5.15. The molecule has 0 aliphatic carbocycles. The Balaban J connectivity index is 2.10. The largest absolute Gasteiger partial charge is 0.373 e. The molecule has 10 heteroatoms. The van der Waals surface area contributed by atoms with Crippen LogP contribution in [0.15, 0.2) is 67.7 Å². The van der Waals surface area contributed by atoms with E-state index < -0.39 is 19.7 Å². The van der Waals surface area contributed by atoms with Crippen molar-refractivity contribution in [2.24, 2.45) is 0 Å². The summed E-state index contributed by atoms with van der Waals surface area (Å²) in [5.41, 5.74) is 1.84. The lowest BCUT2D eigenvalue weighted by Gasteiger charge is -2.11. The Morgan fingerprint density at radius 1 is 0.839 bits per heavy atom. The van der Waals surface area contributed by atoms with Gasteiger partial charge in [0.05, 0.1) is 9.79 Å². The van der Waals surface area contributed by atoms with E-state index in [1.54, 1.807) is 24.3 Å². The van der Waals surface area contributed by atoms with Gasteiger partial charge in [0.1, 0.15) is 5.00 Å². The van der Waals surface area contributed by atoms with Crippen molar-refractivity contribution in [1.29, 1.82) is 0 Å². The van der Waals surface area contributed by atoms with Crippen molar-refractivity contribution in [2.75, 3.05) is 32.5 Å². The summed E-state index contributed by atoms with van der Waals surface area (Å²) in [5, 5.41) is 3.00. The van der Waals surface area contributed by atoms with Crippen LogP contribution >= 0.6 is 11.3 Å². The number of rotatable bonds is 8. The van der Waals surface area contributed by atoms with Crippen molar-refractivity contribution in [2.45, 2.75) is 33.0 Å². The number of anilines is 1. The first-order valence-electron chi connectivity index (χ1n) is 9.55. The number of sulfone groups is 2. The zero-order valence-corrected chi connectivity index (χ0v) is 20.2. The molecule has 0 atom stereocenters. The standard InChI is InChI=1S/C21H25N3O4S3/c1-15-5-9-17(10-6-15)30(25,26)20-19(22-13-14-24(3)4)29-21(23-20)31(27,28)18-11-7-16(2)8-12-18/h5-12,22H,13-14H2,1-4H3. The Morgan fingerprint density at radius 2 is 1.32 bits per heavy atom. The van der Waals surface area contributed by atoms with Crippen molar-refractivity contribution in [1.82, 2.24) is 9.88 Å². The van der Waals surface area contributed by atoms with E-state index in [-0.39, 0.29) is 24.2 Å². The number of nitrogens with zero attached hydrogens (tertiary/aromatic N) is 2. The highest BCUT2D eigenvalue weighted by Gasteiger charge is 2.31. The van der Waals surface area contributed by atoms with Gasteiger partial charge in [-0.2, -0.15) is 0 Å². The molecule has 0 radical (unpaired) electrons. The maximum absolute atomic E-state index is 13.3. The summed E-state index contributed by atoms with van der Waals surface area (Å²) in [7, 11) is -4.17. The fraction of sp³-hybridized carbons (Fsp3) is 0.286. The van der Waals surface area contributed by atoms with Crippen LogP contribution in [0.25, 0.3) is 0 Å². The predicted molar refractivity (Wildman–Crippen MR) is 122 cm³/mol. The fourth-order valence-electron chi connectivity index (χ4n) is 2.74. The van der Waals surface area contributed by atoms with Gasteiger partial charge in [-0.1, -0.05) is 46.7 Å². The molecule has 3 aromatic rings. The molecule has 0 fully saturated rings.